The Morgan fingerprint density at radius 1 is 1.15 bits per heavy atom. The van der Waals surface area contributed by atoms with Gasteiger partial charge in [0.05, 0.1) is 25.9 Å². The summed E-state index contributed by atoms with van der Waals surface area (Å²) in [5.41, 5.74) is 0. The number of hydrogen-bond donors (Lipinski definition) is 2. The van der Waals surface area contributed by atoms with Gasteiger partial charge < -0.3 is 9.80 Å². The molecule has 0 spiro atoms. The molecular weight excluding hydrogens is 280 g/mol. The molecule has 0 aliphatic rings. The van der Waals surface area contributed by atoms with Crippen LogP contribution in [-0.2, 0) is 14.9 Å². The van der Waals surface area contributed by atoms with Crippen LogP contribution < -0.4 is 5.32 Å². The average molecular weight is 309 g/mol. The number of quaternary nitrogens is 1. The Morgan fingerprint density at radius 3 is 2.05 bits per heavy atom. The number of carbonyl (C=O) groups excluding carboxylic acids is 1. The van der Waals surface area contributed by atoms with Gasteiger partial charge in [-0.1, -0.05) is 26.7 Å². The van der Waals surface area contributed by atoms with E-state index in [2.05, 4.69) is 26.2 Å². The molecule has 1 amide bonds. The van der Waals surface area contributed by atoms with Gasteiger partial charge in [-0.25, -0.2) is 0 Å². The maximum absolute atomic E-state index is 11.9. The lowest BCUT2D eigenvalue weighted by atomic mass is 10.2. The normalized spacial score (nSPS) is 12.4. The fourth-order valence-electron chi connectivity index (χ4n) is 2.07. The highest BCUT2D eigenvalue weighted by Crippen LogP contribution is 2.08. The van der Waals surface area contributed by atoms with Crippen molar-refractivity contribution in [3.63, 3.8) is 0 Å². The van der Waals surface area contributed by atoms with Crippen molar-refractivity contribution in [2.45, 2.75) is 39.5 Å². The van der Waals surface area contributed by atoms with Crippen LogP contribution in [0.5, 0.6) is 0 Å². The Balaban J connectivity index is 4.30. The quantitative estimate of drug-likeness (QED) is 0.441. The third-order valence-electron chi connectivity index (χ3n) is 3.31. The summed E-state index contributed by atoms with van der Waals surface area (Å²) in [4.78, 5) is 11.9. The predicted octanol–water partition coefficient (Wildman–Crippen LogP) is 1.04. The van der Waals surface area contributed by atoms with Gasteiger partial charge >= 0.3 is 0 Å². The lowest BCUT2D eigenvalue weighted by molar-refractivity contribution is -0.902. The van der Waals surface area contributed by atoms with Crippen LogP contribution in [0.3, 0.4) is 0 Å². The standard InChI is InChI=1S/C13H28N2O4S/c1-4-6-9-15(3,10-7-5-2)12-13(16)14-8-11-20(17,18)19/h4-12H2,1-3H3,(H-,14,16,17,18,19)/p+1. The first-order valence-corrected chi connectivity index (χ1v) is 8.89. The molecule has 7 heteroatoms. The van der Waals surface area contributed by atoms with Gasteiger partial charge in [-0.2, -0.15) is 8.42 Å². The summed E-state index contributed by atoms with van der Waals surface area (Å²) < 4.78 is 30.5. The zero-order valence-electron chi connectivity index (χ0n) is 12.9. The summed E-state index contributed by atoms with van der Waals surface area (Å²) in [6.07, 6.45) is 4.31. The van der Waals surface area contributed by atoms with E-state index in [1.165, 1.54) is 0 Å². The van der Waals surface area contributed by atoms with Gasteiger partial charge in [-0.15, -0.1) is 0 Å². The SMILES string of the molecule is CCCC[N+](C)(CCCC)CC(=O)NCCS(=O)(=O)O. The van der Waals surface area contributed by atoms with E-state index in [0.29, 0.717) is 11.0 Å². The first-order chi connectivity index (χ1) is 9.22. The van der Waals surface area contributed by atoms with Crippen molar-refractivity contribution in [1.29, 1.82) is 0 Å². The van der Waals surface area contributed by atoms with E-state index in [4.69, 9.17) is 4.55 Å². The molecule has 20 heavy (non-hydrogen) atoms. The monoisotopic (exact) mass is 309 g/mol. The van der Waals surface area contributed by atoms with Gasteiger partial charge in [-0.05, 0) is 12.8 Å². The molecule has 120 valence electrons. The van der Waals surface area contributed by atoms with Crippen LogP contribution in [0.25, 0.3) is 0 Å². The summed E-state index contributed by atoms with van der Waals surface area (Å²) in [6, 6.07) is 0. The van der Waals surface area contributed by atoms with E-state index in [1.807, 2.05) is 0 Å². The minimum absolute atomic E-state index is 0.0424. The molecule has 0 rings (SSSR count). The summed E-state index contributed by atoms with van der Waals surface area (Å²) in [5, 5.41) is 2.55. The third-order valence-corrected chi connectivity index (χ3v) is 4.03. The molecule has 0 radical (unpaired) electrons. The van der Waals surface area contributed by atoms with Crippen LogP contribution in [-0.4, -0.2) is 62.3 Å². The highest BCUT2D eigenvalue weighted by molar-refractivity contribution is 7.85. The van der Waals surface area contributed by atoms with E-state index in [9.17, 15) is 13.2 Å². The van der Waals surface area contributed by atoms with E-state index in [-0.39, 0.29) is 12.5 Å². The third kappa shape index (κ3) is 10.2. The molecule has 0 aromatic carbocycles. The van der Waals surface area contributed by atoms with Gasteiger partial charge in [0, 0.05) is 6.54 Å². The zero-order valence-corrected chi connectivity index (χ0v) is 13.7. The van der Waals surface area contributed by atoms with Crippen LogP contribution in [0.4, 0.5) is 0 Å². The molecular formula is C13H29N2O4S+. The van der Waals surface area contributed by atoms with Crippen molar-refractivity contribution in [1.82, 2.24) is 5.32 Å². The summed E-state index contributed by atoms with van der Waals surface area (Å²) in [5.74, 6) is -0.602. The lowest BCUT2D eigenvalue weighted by Crippen LogP contribution is -2.52. The molecule has 0 aliphatic carbocycles. The van der Waals surface area contributed by atoms with Crippen molar-refractivity contribution in [2.24, 2.45) is 0 Å². The number of unbranched alkanes of at least 4 members (excludes halogenated alkanes) is 2. The van der Waals surface area contributed by atoms with Crippen molar-refractivity contribution in [3.05, 3.63) is 0 Å². The maximum atomic E-state index is 11.9. The predicted molar refractivity (Wildman–Crippen MR) is 80.0 cm³/mol. The number of nitrogens with zero attached hydrogens (tertiary/aromatic N) is 1. The van der Waals surface area contributed by atoms with Gasteiger partial charge in [-0.3, -0.25) is 9.35 Å². The highest BCUT2D eigenvalue weighted by atomic mass is 32.2. The van der Waals surface area contributed by atoms with Crippen molar-refractivity contribution >= 4 is 16.0 Å². The molecule has 0 atom stereocenters. The Hall–Kier alpha value is -0.660. The van der Waals surface area contributed by atoms with Crippen LogP contribution in [0.1, 0.15) is 39.5 Å². The number of hydrogen-bond acceptors (Lipinski definition) is 3. The molecule has 0 aliphatic heterocycles. The number of nitrogens with one attached hydrogen (secondary N) is 1. The van der Waals surface area contributed by atoms with Crippen LogP contribution in [0.2, 0.25) is 0 Å². The molecule has 0 saturated heterocycles. The van der Waals surface area contributed by atoms with Gasteiger partial charge in [0.1, 0.15) is 0 Å². The van der Waals surface area contributed by atoms with Crippen molar-refractivity contribution in [2.75, 3.05) is 39.0 Å². The first kappa shape index (κ1) is 19.3. The van der Waals surface area contributed by atoms with Crippen molar-refractivity contribution < 1.29 is 22.2 Å². The Kier molecular flexibility index (Phi) is 9.00. The molecule has 2 N–H and O–H groups in total. The second-order valence-electron chi connectivity index (χ2n) is 5.57. The lowest BCUT2D eigenvalue weighted by Gasteiger charge is -2.34. The Morgan fingerprint density at radius 2 is 1.65 bits per heavy atom. The van der Waals surface area contributed by atoms with Gasteiger partial charge in [0.15, 0.2) is 6.54 Å². The van der Waals surface area contributed by atoms with Gasteiger partial charge in [0.2, 0.25) is 0 Å². The number of amides is 1. The largest absolute Gasteiger partial charge is 0.350 e. The minimum Gasteiger partial charge on any atom is -0.350 e. The summed E-state index contributed by atoms with van der Waals surface area (Å²) in [6.45, 7) is 6.45. The highest BCUT2D eigenvalue weighted by Gasteiger charge is 2.24. The molecule has 0 bridgehead atoms. The maximum Gasteiger partial charge on any atom is 0.275 e. The number of rotatable bonds is 11. The zero-order chi connectivity index (χ0) is 15.6. The number of likely N-dealkylation sites (N-methyl/N-ethyl adjacent to an activating group) is 1. The smallest absolute Gasteiger partial charge is 0.275 e. The van der Waals surface area contributed by atoms with E-state index < -0.39 is 15.9 Å². The summed E-state index contributed by atoms with van der Waals surface area (Å²) in [7, 11) is -1.95. The second-order valence-corrected chi connectivity index (χ2v) is 7.14. The fourth-order valence-corrected chi connectivity index (χ4v) is 2.43. The molecule has 0 aromatic heterocycles. The van der Waals surface area contributed by atoms with Crippen LogP contribution >= 0.6 is 0 Å². The van der Waals surface area contributed by atoms with Crippen LogP contribution in [0.15, 0.2) is 0 Å². The fraction of sp³-hybridized carbons (Fsp3) is 0.923. The first-order valence-electron chi connectivity index (χ1n) is 7.28. The topological polar surface area (TPSA) is 83.5 Å². The minimum atomic E-state index is -4.01. The Labute approximate surface area is 122 Å². The molecule has 6 nitrogen and oxygen atoms in total. The average Bonchev–Trinajstić information content (AvgIpc) is 2.32. The summed E-state index contributed by atoms with van der Waals surface area (Å²) >= 11 is 0. The van der Waals surface area contributed by atoms with E-state index in [1.54, 1.807) is 0 Å². The van der Waals surface area contributed by atoms with Crippen LogP contribution in [0, 0.1) is 0 Å². The number of carbonyl (C=O) groups is 1. The van der Waals surface area contributed by atoms with Gasteiger partial charge in [0.25, 0.3) is 16.0 Å². The molecule has 0 unspecified atom stereocenters. The van der Waals surface area contributed by atoms with E-state index >= 15 is 0 Å². The molecule has 0 heterocycles. The van der Waals surface area contributed by atoms with Crippen molar-refractivity contribution in [3.8, 4) is 0 Å². The molecule has 0 aromatic rings. The second kappa shape index (κ2) is 9.31. The molecule has 0 fully saturated rings. The molecule has 0 saturated carbocycles. The Bertz CT molecular complexity index is 374. The van der Waals surface area contributed by atoms with E-state index in [0.717, 1.165) is 38.8 Å².